The number of pyridine rings is 1. The van der Waals surface area contributed by atoms with Crippen molar-refractivity contribution in [3.8, 4) is 0 Å². The van der Waals surface area contributed by atoms with Crippen molar-refractivity contribution in [3.05, 3.63) is 74.8 Å². The molecule has 3 fully saturated rings. The van der Waals surface area contributed by atoms with E-state index in [1.807, 2.05) is 30.0 Å². The van der Waals surface area contributed by atoms with Crippen LogP contribution >= 0.6 is 11.8 Å². The molecule has 1 N–H and O–H groups in total. The fourth-order valence-corrected chi connectivity index (χ4v) is 7.22. The quantitative estimate of drug-likeness (QED) is 0.544. The molecule has 2 atom stereocenters. The molecular formula is C28H31FN4O3S. The van der Waals surface area contributed by atoms with Gasteiger partial charge in [-0.2, -0.15) is 11.8 Å². The summed E-state index contributed by atoms with van der Waals surface area (Å²) in [7, 11) is 0. The third-order valence-corrected chi connectivity index (χ3v) is 9.29. The summed E-state index contributed by atoms with van der Waals surface area (Å²) in [6, 6.07) is 11.1. The maximum absolute atomic E-state index is 14.1. The van der Waals surface area contributed by atoms with Gasteiger partial charge in [-0.25, -0.2) is 14.2 Å². The SMILES string of the molecule is O=C(NC1CCC(n2c(=O)c3cc(F)cnc3n(C3CCSCC3)c2=O)CC1)C1CC1c1ccccc1. The lowest BCUT2D eigenvalue weighted by atomic mass is 9.90. The number of fused-ring (bicyclic) bond motifs is 1. The van der Waals surface area contributed by atoms with E-state index in [1.54, 1.807) is 4.57 Å². The predicted octanol–water partition coefficient (Wildman–Crippen LogP) is 4.17. The van der Waals surface area contributed by atoms with Gasteiger partial charge in [-0.1, -0.05) is 30.3 Å². The van der Waals surface area contributed by atoms with Crippen LogP contribution in [0, 0.1) is 11.7 Å². The van der Waals surface area contributed by atoms with Gasteiger partial charge in [0, 0.05) is 24.0 Å². The maximum atomic E-state index is 14.1. The first-order valence-corrected chi connectivity index (χ1v) is 14.4. The zero-order valence-electron chi connectivity index (χ0n) is 20.6. The van der Waals surface area contributed by atoms with Gasteiger partial charge in [0.1, 0.15) is 11.5 Å². The average Bonchev–Trinajstić information content (AvgIpc) is 3.73. The van der Waals surface area contributed by atoms with Crippen LogP contribution in [0.1, 0.15) is 68.5 Å². The van der Waals surface area contributed by atoms with Crippen molar-refractivity contribution >= 4 is 28.7 Å². The van der Waals surface area contributed by atoms with Crippen molar-refractivity contribution in [2.45, 2.75) is 69.0 Å². The summed E-state index contributed by atoms with van der Waals surface area (Å²) in [4.78, 5) is 44.2. The number of hydrogen-bond acceptors (Lipinski definition) is 5. The Morgan fingerprint density at radius 2 is 1.68 bits per heavy atom. The number of rotatable bonds is 5. The van der Waals surface area contributed by atoms with Crippen LogP contribution < -0.4 is 16.6 Å². The number of carbonyl (C=O) groups excluding carboxylic acids is 1. The molecule has 194 valence electrons. The number of amides is 1. The zero-order chi connectivity index (χ0) is 25.5. The van der Waals surface area contributed by atoms with E-state index in [0.29, 0.717) is 31.6 Å². The standard InChI is InChI=1S/C28H31FN4O3S/c29-18-14-24-25(30-16-18)32(21-10-12-37-13-11-21)28(36)33(27(24)35)20-8-6-19(7-9-20)31-26(34)23-15-22(23)17-4-2-1-3-5-17/h1-5,14,16,19-23H,6-13,15H2,(H,31,34). The molecule has 1 aliphatic heterocycles. The van der Waals surface area contributed by atoms with Crippen LogP contribution in [-0.2, 0) is 4.79 Å². The van der Waals surface area contributed by atoms with E-state index in [1.165, 1.54) is 16.2 Å². The molecule has 6 rings (SSSR count). The van der Waals surface area contributed by atoms with Crippen LogP contribution in [0.5, 0.6) is 0 Å². The summed E-state index contributed by atoms with van der Waals surface area (Å²) < 4.78 is 17.1. The number of benzene rings is 1. The minimum Gasteiger partial charge on any atom is -0.353 e. The largest absolute Gasteiger partial charge is 0.353 e. The van der Waals surface area contributed by atoms with Gasteiger partial charge in [0.05, 0.1) is 11.6 Å². The molecule has 2 saturated carbocycles. The van der Waals surface area contributed by atoms with Gasteiger partial charge in [0.15, 0.2) is 0 Å². The Balaban J connectivity index is 1.20. The Morgan fingerprint density at radius 3 is 2.41 bits per heavy atom. The molecule has 0 bridgehead atoms. The highest BCUT2D eigenvalue weighted by molar-refractivity contribution is 7.99. The lowest BCUT2D eigenvalue weighted by molar-refractivity contribution is -0.123. The molecule has 2 aliphatic carbocycles. The molecule has 1 amide bonds. The van der Waals surface area contributed by atoms with Gasteiger partial charge in [-0.15, -0.1) is 0 Å². The van der Waals surface area contributed by atoms with Crippen molar-refractivity contribution in [1.29, 1.82) is 0 Å². The molecule has 2 aromatic heterocycles. The number of thioether (sulfide) groups is 1. The molecule has 3 aliphatic rings. The van der Waals surface area contributed by atoms with Crippen LogP contribution in [0.25, 0.3) is 11.0 Å². The topological polar surface area (TPSA) is 86.0 Å². The number of carbonyl (C=O) groups is 1. The summed E-state index contributed by atoms with van der Waals surface area (Å²) in [6.45, 7) is 0. The summed E-state index contributed by atoms with van der Waals surface area (Å²) in [6.07, 6.45) is 6.22. The number of nitrogens with zero attached hydrogens (tertiary/aromatic N) is 3. The summed E-state index contributed by atoms with van der Waals surface area (Å²) in [5, 5.41) is 3.37. The van der Waals surface area contributed by atoms with Crippen LogP contribution in [-0.4, -0.2) is 37.6 Å². The molecule has 0 spiro atoms. The third kappa shape index (κ3) is 4.74. The van der Waals surface area contributed by atoms with Crippen molar-refractivity contribution in [3.63, 3.8) is 0 Å². The summed E-state index contributed by atoms with van der Waals surface area (Å²) in [5.41, 5.74) is 0.679. The van der Waals surface area contributed by atoms with Crippen LogP contribution in [0.2, 0.25) is 0 Å². The number of hydrogen-bond donors (Lipinski definition) is 1. The van der Waals surface area contributed by atoms with E-state index < -0.39 is 11.4 Å². The van der Waals surface area contributed by atoms with Gasteiger partial charge < -0.3 is 5.32 Å². The molecule has 2 unspecified atom stereocenters. The molecule has 1 aromatic carbocycles. The third-order valence-electron chi connectivity index (χ3n) is 8.24. The second-order valence-electron chi connectivity index (χ2n) is 10.6. The minimum atomic E-state index is -0.583. The lowest BCUT2D eigenvalue weighted by Crippen LogP contribution is -2.46. The predicted molar refractivity (Wildman–Crippen MR) is 143 cm³/mol. The molecule has 3 heterocycles. The Hall–Kier alpha value is -2.94. The molecule has 1 saturated heterocycles. The Morgan fingerprint density at radius 1 is 0.973 bits per heavy atom. The molecule has 3 aromatic rings. The van der Waals surface area contributed by atoms with Gasteiger partial charge in [0.25, 0.3) is 5.56 Å². The van der Waals surface area contributed by atoms with Crippen LogP contribution in [0.3, 0.4) is 0 Å². The molecule has 7 nitrogen and oxygen atoms in total. The first kappa shape index (κ1) is 24.4. The smallest absolute Gasteiger partial charge is 0.333 e. The zero-order valence-corrected chi connectivity index (χ0v) is 21.5. The van der Waals surface area contributed by atoms with E-state index in [9.17, 15) is 18.8 Å². The van der Waals surface area contributed by atoms with Gasteiger partial charge >= 0.3 is 5.69 Å². The van der Waals surface area contributed by atoms with Gasteiger partial charge in [-0.3, -0.25) is 18.7 Å². The maximum Gasteiger partial charge on any atom is 0.333 e. The van der Waals surface area contributed by atoms with Crippen molar-refractivity contribution < 1.29 is 9.18 Å². The molecule has 9 heteroatoms. The normalized spacial score (nSPS) is 26.2. The molecular weight excluding hydrogens is 491 g/mol. The number of nitrogens with one attached hydrogen (secondary N) is 1. The van der Waals surface area contributed by atoms with Crippen LogP contribution in [0.15, 0.2) is 52.2 Å². The van der Waals surface area contributed by atoms with Crippen molar-refractivity contribution in [2.75, 3.05) is 11.5 Å². The Kier molecular flexibility index (Phi) is 6.65. The Labute approximate surface area is 218 Å². The van der Waals surface area contributed by atoms with E-state index in [2.05, 4.69) is 22.4 Å². The lowest BCUT2D eigenvalue weighted by Gasteiger charge is -2.31. The first-order valence-electron chi connectivity index (χ1n) is 13.3. The number of halogens is 1. The van der Waals surface area contributed by atoms with Gasteiger partial charge in [-0.05, 0) is 74.0 Å². The monoisotopic (exact) mass is 522 g/mol. The van der Waals surface area contributed by atoms with Crippen LogP contribution in [0.4, 0.5) is 4.39 Å². The van der Waals surface area contributed by atoms with Crippen molar-refractivity contribution in [2.24, 2.45) is 5.92 Å². The summed E-state index contributed by atoms with van der Waals surface area (Å²) >= 11 is 1.85. The highest BCUT2D eigenvalue weighted by atomic mass is 32.2. The highest BCUT2D eigenvalue weighted by Gasteiger charge is 2.44. The Bertz CT molecular complexity index is 1430. The highest BCUT2D eigenvalue weighted by Crippen LogP contribution is 2.47. The fourth-order valence-electron chi connectivity index (χ4n) is 6.14. The summed E-state index contributed by atoms with van der Waals surface area (Å²) in [5.74, 6) is 1.71. The molecule has 37 heavy (non-hydrogen) atoms. The molecule has 0 radical (unpaired) electrons. The van der Waals surface area contributed by atoms with E-state index in [-0.39, 0.29) is 46.7 Å². The van der Waals surface area contributed by atoms with E-state index in [4.69, 9.17) is 0 Å². The second kappa shape index (κ2) is 10.1. The first-order chi connectivity index (χ1) is 18.0. The van der Waals surface area contributed by atoms with E-state index >= 15 is 0 Å². The number of aromatic nitrogens is 3. The fraction of sp³-hybridized carbons (Fsp3) is 0.500. The van der Waals surface area contributed by atoms with Gasteiger partial charge in [0.2, 0.25) is 5.91 Å². The minimum absolute atomic E-state index is 0.0199. The van der Waals surface area contributed by atoms with E-state index in [0.717, 1.165) is 37.0 Å². The second-order valence-corrected chi connectivity index (χ2v) is 11.8. The van der Waals surface area contributed by atoms with Crippen molar-refractivity contribution in [1.82, 2.24) is 19.4 Å². The average molecular weight is 523 g/mol.